The van der Waals surface area contributed by atoms with Crippen molar-refractivity contribution in [2.24, 2.45) is 0 Å². The first-order valence-electron chi connectivity index (χ1n) is 11.2. The minimum Gasteiger partial charge on any atom is -0.460 e. The summed E-state index contributed by atoms with van der Waals surface area (Å²) in [4.78, 5) is 22.8. The first-order chi connectivity index (χ1) is 18.9. The van der Waals surface area contributed by atoms with Crippen molar-refractivity contribution in [3.63, 3.8) is 0 Å². The van der Waals surface area contributed by atoms with Crippen molar-refractivity contribution in [3.8, 4) is 0 Å². The number of rotatable bonds is 14. The summed E-state index contributed by atoms with van der Waals surface area (Å²) < 4.78 is 187. The fourth-order valence-electron chi connectivity index (χ4n) is 2.96. The molecule has 0 bridgehead atoms. The van der Waals surface area contributed by atoms with Crippen molar-refractivity contribution in [2.75, 3.05) is 26.4 Å². The summed E-state index contributed by atoms with van der Waals surface area (Å²) in [7, 11) is 0. The van der Waals surface area contributed by atoms with Crippen molar-refractivity contribution < 1.29 is 81.2 Å². The van der Waals surface area contributed by atoms with Crippen LogP contribution in [0.2, 0.25) is 0 Å². The maximum Gasteiger partial charge on any atom is 0.459 e. The van der Waals surface area contributed by atoms with E-state index in [1.165, 1.54) is 0 Å². The molecule has 0 fully saturated rings. The van der Waals surface area contributed by atoms with Gasteiger partial charge in [-0.15, -0.1) is 0 Å². The lowest BCUT2D eigenvalue weighted by atomic mass is 9.88. The topological polar surface area (TPSA) is 71.1 Å². The molecular weight excluding hydrogens is 612 g/mol. The highest BCUT2D eigenvalue weighted by Gasteiger charge is 2.77. The van der Waals surface area contributed by atoms with Crippen LogP contribution in [0.1, 0.15) is 25.0 Å². The van der Waals surface area contributed by atoms with Crippen molar-refractivity contribution in [2.45, 2.75) is 49.8 Å². The zero-order valence-electron chi connectivity index (χ0n) is 21.5. The molecule has 0 radical (unpaired) electrons. The molecule has 18 heteroatoms. The molecule has 0 amide bonds. The van der Waals surface area contributed by atoms with E-state index in [9.17, 15) is 53.5 Å². The molecule has 0 saturated heterocycles. The van der Waals surface area contributed by atoms with E-state index in [4.69, 9.17) is 0 Å². The first kappa shape index (κ1) is 36.7. The van der Waals surface area contributed by atoms with Gasteiger partial charge in [0.1, 0.15) is 13.2 Å². The van der Waals surface area contributed by atoms with Crippen LogP contribution in [0, 0.1) is 0 Å². The predicted molar refractivity (Wildman–Crippen MR) is 117 cm³/mol. The number of ether oxygens (including phenoxy) is 4. The molecule has 0 spiro atoms. The largest absolute Gasteiger partial charge is 0.460 e. The van der Waals surface area contributed by atoms with Gasteiger partial charge in [-0.25, -0.2) is 9.59 Å². The Hall–Kier alpha value is -3.28. The Bertz CT molecular complexity index is 1070. The Morgan fingerprint density at radius 2 is 0.881 bits per heavy atom. The van der Waals surface area contributed by atoms with Gasteiger partial charge < -0.3 is 18.9 Å². The molecule has 1 aromatic carbocycles. The Morgan fingerprint density at radius 3 is 1.12 bits per heavy atom. The number of benzene rings is 1. The van der Waals surface area contributed by atoms with Crippen LogP contribution in [0.5, 0.6) is 0 Å². The molecule has 0 saturated carbocycles. The second-order valence-corrected chi connectivity index (χ2v) is 8.41. The predicted octanol–water partition coefficient (Wildman–Crippen LogP) is 6.60. The zero-order valence-corrected chi connectivity index (χ0v) is 21.5. The Morgan fingerprint density at radius 1 is 0.595 bits per heavy atom. The number of halogens is 12. The maximum atomic E-state index is 15.9. The molecule has 0 N–H and O–H groups in total. The van der Waals surface area contributed by atoms with Gasteiger partial charge >= 0.3 is 47.8 Å². The van der Waals surface area contributed by atoms with Crippen molar-refractivity contribution in [1.82, 2.24) is 0 Å². The highest BCUT2D eigenvalue weighted by atomic mass is 19.4. The highest BCUT2D eigenvalue weighted by Crippen LogP contribution is 2.57. The quantitative estimate of drug-likeness (QED) is 0.0995. The SMILES string of the molecule is C=C(C)C(=O)OCCOC(F)(c1ccccc1C(F)(OCCOC(=O)C(=C)C)C(F)(F)C(F)(F)F)C(F)(F)C(F)(F)F. The zero-order chi connectivity index (χ0) is 32.9. The van der Waals surface area contributed by atoms with E-state index in [0.717, 1.165) is 13.8 Å². The summed E-state index contributed by atoms with van der Waals surface area (Å²) in [5.41, 5.74) is -5.61. The van der Waals surface area contributed by atoms with Gasteiger partial charge in [0.25, 0.3) is 0 Å². The van der Waals surface area contributed by atoms with Gasteiger partial charge in [0.05, 0.1) is 13.2 Å². The smallest absolute Gasteiger partial charge is 0.459 e. The summed E-state index contributed by atoms with van der Waals surface area (Å²) in [5.74, 6) is -27.4. The number of carbonyl (C=O) groups is 2. The molecule has 0 aliphatic heterocycles. The van der Waals surface area contributed by atoms with E-state index >= 15 is 8.78 Å². The molecule has 2 atom stereocenters. The number of carbonyl (C=O) groups excluding carboxylic acids is 2. The van der Waals surface area contributed by atoms with Crippen molar-refractivity contribution in [3.05, 3.63) is 59.7 Å². The van der Waals surface area contributed by atoms with Crippen LogP contribution in [-0.4, -0.2) is 62.6 Å². The average Bonchev–Trinajstić information content (AvgIpc) is 2.86. The van der Waals surface area contributed by atoms with E-state index < -0.39 is 85.4 Å². The summed E-state index contributed by atoms with van der Waals surface area (Å²) in [6, 6.07) is 0.427. The molecule has 238 valence electrons. The monoisotopic (exact) mass is 634 g/mol. The van der Waals surface area contributed by atoms with E-state index in [0.29, 0.717) is 12.1 Å². The molecule has 2 unspecified atom stereocenters. The van der Waals surface area contributed by atoms with Gasteiger partial charge in [-0.3, -0.25) is 0 Å². The Kier molecular flexibility index (Phi) is 11.3. The summed E-state index contributed by atoms with van der Waals surface area (Å²) in [6.07, 6.45) is -13.8. The molecule has 1 aromatic rings. The number of hydrogen-bond acceptors (Lipinski definition) is 6. The van der Waals surface area contributed by atoms with E-state index in [-0.39, 0.29) is 23.3 Å². The van der Waals surface area contributed by atoms with E-state index in [1.54, 1.807) is 0 Å². The van der Waals surface area contributed by atoms with Gasteiger partial charge in [0.2, 0.25) is 0 Å². The molecular formula is C24H22F12O6. The fraction of sp³-hybridized carbons (Fsp3) is 0.500. The van der Waals surface area contributed by atoms with Crippen LogP contribution in [0.15, 0.2) is 48.6 Å². The lowest BCUT2D eigenvalue weighted by Gasteiger charge is -2.40. The normalized spacial score (nSPS) is 15.8. The van der Waals surface area contributed by atoms with Crippen LogP contribution in [0.3, 0.4) is 0 Å². The van der Waals surface area contributed by atoms with E-state index in [1.807, 2.05) is 0 Å². The molecule has 0 aliphatic rings. The molecule has 0 heterocycles. The van der Waals surface area contributed by atoms with E-state index in [2.05, 4.69) is 32.1 Å². The summed E-state index contributed by atoms with van der Waals surface area (Å²) in [6.45, 7) is 2.55. The summed E-state index contributed by atoms with van der Waals surface area (Å²) >= 11 is 0. The van der Waals surface area contributed by atoms with Crippen LogP contribution in [0.4, 0.5) is 52.7 Å². The standard InChI is InChI=1S/C24H22F12O6/c1-13(2)17(37)39-9-11-41-19(25,21(27,28)23(31,32)33)15-7-5-6-8-16(15)20(26,22(29,30)24(34,35)36)42-12-10-40-18(38)14(3)4/h5-8H,1,3,9-12H2,2,4H3. The molecule has 0 aliphatic carbocycles. The minimum atomic E-state index is -6.91. The lowest BCUT2D eigenvalue weighted by Crippen LogP contribution is -2.58. The van der Waals surface area contributed by atoms with Crippen LogP contribution >= 0.6 is 0 Å². The number of hydrogen-bond donors (Lipinski definition) is 0. The van der Waals surface area contributed by atoms with Crippen molar-refractivity contribution in [1.29, 1.82) is 0 Å². The van der Waals surface area contributed by atoms with Gasteiger partial charge in [-0.05, 0) is 13.8 Å². The van der Waals surface area contributed by atoms with Crippen LogP contribution < -0.4 is 0 Å². The number of alkyl halides is 12. The third-order valence-corrected chi connectivity index (χ3v) is 5.07. The molecule has 6 nitrogen and oxygen atoms in total. The third kappa shape index (κ3) is 7.37. The Balaban J connectivity index is 3.80. The molecule has 0 aromatic heterocycles. The van der Waals surface area contributed by atoms with Gasteiger partial charge in [0.15, 0.2) is 0 Å². The van der Waals surface area contributed by atoms with Gasteiger partial charge in [-0.1, -0.05) is 37.4 Å². The second kappa shape index (κ2) is 12.9. The van der Waals surface area contributed by atoms with Crippen LogP contribution in [0.25, 0.3) is 0 Å². The van der Waals surface area contributed by atoms with Crippen LogP contribution in [-0.2, 0) is 40.2 Å². The minimum absolute atomic E-state index is 0.180. The highest BCUT2D eigenvalue weighted by molar-refractivity contribution is 5.87. The second-order valence-electron chi connectivity index (χ2n) is 8.41. The summed E-state index contributed by atoms with van der Waals surface area (Å²) in [5, 5.41) is 0. The number of esters is 2. The molecule has 42 heavy (non-hydrogen) atoms. The van der Waals surface area contributed by atoms with Gasteiger partial charge in [-0.2, -0.15) is 52.7 Å². The first-order valence-corrected chi connectivity index (χ1v) is 11.2. The third-order valence-electron chi connectivity index (χ3n) is 5.07. The maximum absolute atomic E-state index is 15.9. The lowest BCUT2D eigenvalue weighted by molar-refractivity contribution is -0.399. The Labute approximate surface area is 229 Å². The average molecular weight is 634 g/mol. The van der Waals surface area contributed by atoms with Gasteiger partial charge in [0, 0.05) is 22.3 Å². The fourth-order valence-corrected chi connectivity index (χ4v) is 2.96. The van der Waals surface area contributed by atoms with Crippen molar-refractivity contribution >= 4 is 11.9 Å². The molecule has 1 rings (SSSR count).